The summed E-state index contributed by atoms with van der Waals surface area (Å²) in [6, 6.07) is 14.3. The lowest BCUT2D eigenvalue weighted by atomic mass is 10.1. The lowest BCUT2D eigenvalue weighted by molar-refractivity contribution is -0.116. The predicted molar refractivity (Wildman–Crippen MR) is 101 cm³/mol. The number of hydrogen-bond acceptors (Lipinski definition) is 4. The number of rotatable bonds is 4. The van der Waals surface area contributed by atoms with E-state index < -0.39 is 0 Å². The molecule has 1 heterocycles. The number of nitrogens with one attached hydrogen (secondary N) is 2. The Morgan fingerprint density at radius 1 is 1.00 bits per heavy atom. The van der Waals surface area contributed by atoms with Gasteiger partial charge in [-0.2, -0.15) is 0 Å². The van der Waals surface area contributed by atoms with E-state index in [0.717, 1.165) is 17.0 Å². The van der Waals surface area contributed by atoms with Crippen molar-refractivity contribution in [2.45, 2.75) is 6.92 Å². The summed E-state index contributed by atoms with van der Waals surface area (Å²) in [5, 5.41) is 7.35. The molecule has 0 aliphatic carbocycles. The normalized spacial score (nSPS) is 13.4. The van der Waals surface area contributed by atoms with Crippen molar-refractivity contribution in [2.75, 3.05) is 23.0 Å². The van der Waals surface area contributed by atoms with Crippen LogP contribution >= 0.6 is 11.8 Å². The predicted octanol–water partition coefficient (Wildman–Crippen LogP) is 3.79. The van der Waals surface area contributed by atoms with Crippen molar-refractivity contribution in [2.24, 2.45) is 0 Å². The third kappa shape index (κ3) is 4.42. The van der Waals surface area contributed by atoms with Crippen molar-refractivity contribution in [3.05, 3.63) is 70.8 Å². The molecule has 0 aromatic heterocycles. The lowest BCUT2D eigenvalue weighted by Crippen LogP contribution is -2.19. The standard InChI is InChI=1S/C19H18N2O3S/c1-13-4-2-3-5-16(13)21-18(22)14-6-8-15(9-7-14)20-19(23)17-12-25-11-10-24-17/h2-9,12H,10-11H2,1H3,(H,20,23)(H,21,22). The first kappa shape index (κ1) is 17.1. The number of carbonyl (C=O) groups excluding carboxylic acids is 2. The molecule has 2 N–H and O–H groups in total. The van der Waals surface area contributed by atoms with E-state index in [1.165, 1.54) is 0 Å². The van der Waals surface area contributed by atoms with Crippen molar-refractivity contribution in [3.63, 3.8) is 0 Å². The van der Waals surface area contributed by atoms with Gasteiger partial charge < -0.3 is 15.4 Å². The molecule has 0 atom stereocenters. The number of aryl methyl sites for hydroxylation is 1. The summed E-state index contributed by atoms with van der Waals surface area (Å²) in [7, 11) is 0. The number of carbonyl (C=O) groups is 2. The van der Waals surface area contributed by atoms with Gasteiger partial charge in [0.05, 0.1) is 6.61 Å². The molecule has 25 heavy (non-hydrogen) atoms. The second-order valence-electron chi connectivity index (χ2n) is 5.50. The highest BCUT2D eigenvalue weighted by molar-refractivity contribution is 8.02. The van der Waals surface area contributed by atoms with E-state index in [1.54, 1.807) is 41.4 Å². The van der Waals surface area contributed by atoms with E-state index in [2.05, 4.69) is 10.6 Å². The van der Waals surface area contributed by atoms with E-state index in [-0.39, 0.29) is 11.8 Å². The molecule has 0 spiro atoms. The van der Waals surface area contributed by atoms with Gasteiger partial charge in [-0.3, -0.25) is 9.59 Å². The summed E-state index contributed by atoms with van der Waals surface area (Å²) in [5.41, 5.74) is 2.91. The van der Waals surface area contributed by atoms with Crippen LogP contribution in [0, 0.1) is 6.92 Å². The van der Waals surface area contributed by atoms with Crippen LogP contribution < -0.4 is 10.6 Å². The summed E-state index contributed by atoms with van der Waals surface area (Å²) in [6.07, 6.45) is 0. The summed E-state index contributed by atoms with van der Waals surface area (Å²) in [5.74, 6) is 0.686. The van der Waals surface area contributed by atoms with E-state index >= 15 is 0 Å². The first-order valence-electron chi connectivity index (χ1n) is 7.86. The minimum Gasteiger partial charge on any atom is -0.487 e. The summed E-state index contributed by atoms with van der Waals surface area (Å²) in [4.78, 5) is 24.4. The Morgan fingerprint density at radius 2 is 1.76 bits per heavy atom. The van der Waals surface area contributed by atoms with Crippen LogP contribution in [-0.4, -0.2) is 24.2 Å². The van der Waals surface area contributed by atoms with E-state index in [4.69, 9.17) is 4.74 Å². The highest BCUT2D eigenvalue weighted by atomic mass is 32.2. The number of thioether (sulfide) groups is 1. The molecule has 0 saturated carbocycles. The van der Waals surface area contributed by atoms with E-state index in [1.807, 2.05) is 31.2 Å². The minimum atomic E-state index is -0.288. The number of amides is 2. The third-order valence-electron chi connectivity index (χ3n) is 3.67. The number of hydrogen-bond donors (Lipinski definition) is 2. The zero-order valence-electron chi connectivity index (χ0n) is 13.7. The van der Waals surface area contributed by atoms with Gasteiger partial charge in [-0.1, -0.05) is 18.2 Å². The Hall–Kier alpha value is -2.73. The van der Waals surface area contributed by atoms with Gasteiger partial charge in [-0.05, 0) is 42.8 Å². The molecule has 5 nitrogen and oxygen atoms in total. The van der Waals surface area contributed by atoms with Crippen LogP contribution in [0.15, 0.2) is 59.7 Å². The average molecular weight is 354 g/mol. The quantitative estimate of drug-likeness (QED) is 0.877. The topological polar surface area (TPSA) is 67.4 Å². The SMILES string of the molecule is Cc1ccccc1NC(=O)c1ccc(NC(=O)C2=CSCCO2)cc1. The molecule has 0 radical (unpaired) electrons. The fourth-order valence-corrected chi connectivity index (χ4v) is 2.92. The zero-order valence-corrected chi connectivity index (χ0v) is 14.6. The van der Waals surface area contributed by atoms with Crippen LogP contribution in [0.5, 0.6) is 0 Å². The molecule has 2 aromatic rings. The van der Waals surface area contributed by atoms with Gasteiger partial charge >= 0.3 is 0 Å². The third-order valence-corrected chi connectivity index (χ3v) is 4.45. The van der Waals surface area contributed by atoms with Crippen LogP contribution in [-0.2, 0) is 9.53 Å². The molecule has 6 heteroatoms. The lowest BCUT2D eigenvalue weighted by Gasteiger charge is -2.14. The smallest absolute Gasteiger partial charge is 0.291 e. The van der Waals surface area contributed by atoms with Crippen LogP contribution in [0.2, 0.25) is 0 Å². The van der Waals surface area contributed by atoms with Gasteiger partial charge in [0, 0.05) is 28.1 Å². The van der Waals surface area contributed by atoms with Crippen LogP contribution in [0.4, 0.5) is 11.4 Å². The van der Waals surface area contributed by atoms with Gasteiger partial charge in [0.2, 0.25) is 0 Å². The van der Waals surface area contributed by atoms with Crippen molar-refractivity contribution >= 4 is 35.0 Å². The summed E-state index contributed by atoms with van der Waals surface area (Å²) in [6.45, 7) is 2.47. The van der Waals surface area contributed by atoms with Gasteiger partial charge in [0.1, 0.15) is 0 Å². The average Bonchev–Trinajstić information content (AvgIpc) is 2.65. The Morgan fingerprint density at radius 3 is 2.44 bits per heavy atom. The van der Waals surface area contributed by atoms with Crippen molar-refractivity contribution < 1.29 is 14.3 Å². The molecule has 1 aliphatic rings. The number of benzene rings is 2. The molecular formula is C19H18N2O3S. The molecule has 128 valence electrons. The van der Waals surface area contributed by atoms with Crippen LogP contribution in [0.25, 0.3) is 0 Å². The van der Waals surface area contributed by atoms with Crippen LogP contribution in [0.3, 0.4) is 0 Å². The van der Waals surface area contributed by atoms with Gasteiger partial charge in [-0.15, -0.1) is 11.8 Å². The Bertz CT molecular complexity index is 816. The van der Waals surface area contributed by atoms with Crippen LogP contribution in [0.1, 0.15) is 15.9 Å². The molecule has 2 aromatic carbocycles. The Balaban J connectivity index is 1.63. The molecule has 2 amide bonds. The number of ether oxygens (including phenoxy) is 1. The maximum absolute atomic E-state index is 12.3. The first-order valence-corrected chi connectivity index (χ1v) is 8.91. The van der Waals surface area contributed by atoms with Crippen molar-refractivity contribution in [1.82, 2.24) is 0 Å². The Labute approximate surface area is 150 Å². The molecular weight excluding hydrogens is 336 g/mol. The monoisotopic (exact) mass is 354 g/mol. The zero-order chi connectivity index (χ0) is 17.6. The maximum Gasteiger partial charge on any atom is 0.291 e. The van der Waals surface area contributed by atoms with Crippen molar-refractivity contribution in [3.8, 4) is 0 Å². The van der Waals surface area contributed by atoms with Gasteiger partial charge in [-0.25, -0.2) is 0 Å². The molecule has 0 bridgehead atoms. The second-order valence-corrected chi connectivity index (χ2v) is 6.48. The van der Waals surface area contributed by atoms with Gasteiger partial charge in [0.15, 0.2) is 5.76 Å². The molecule has 0 fully saturated rings. The molecule has 0 saturated heterocycles. The molecule has 3 rings (SSSR count). The Kier molecular flexibility index (Phi) is 5.40. The van der Waals surface area contributed by atoms with Crippen molar-refractivity contribution in [1.29, 1.82) is 0 Å². The van der Waals surface area contributed by atoms with Gasteiger partial charge in [0.25, 0.3) is 11.8 Å². The fraction of sp³-hybridized carbons (Fsp3) is 0.158. The molecule has 1 aliphatic heterocycles. The second kappa shape index (κ2) is 7.90. The highest BCUT2D eigenvalue weighted by Crippen LogP contribution is 2.18. The maximum atomic E-state index is 12.3. The highest BCUT2D eigenvalue weighted by Gasteiger charge is 2.14. The fourth-order valence-electron chi connectivity index (χ4n) is 2.29. The van der Waals surface area contributed by atoms with E-state index in [9.17, 15) is 9.59 Å². The summed E-state index contributed by atoms with van der Waals surface area (Å²) < 4.78 is 5.32. The first-order chi connectivity index (χ1) is 12.1. The number of para-hydroxylation sites is 1. The molecule has 0 unspecified atom stereocenters. The summed E-state index contributed by atoms with van der Waals surface area (Å²) >= 11 is 1.55. The number of anilines is 2. The largest absolute Gasteiger partial charge is 0.487 e. The minimum absolute atomic E-state index is 0.193. The van der Waals surface area contributed by atoms with E-state index in [0.29, 0.717) is 23.6 Å².